The number of aliphatic hydroxyl groups excluding tert-OH is 1. The molecule has 1 unspecified atom stereocenters. The number of rotatable bonds is 4. The van der Waals surface area contributed by atoms with Gasteiger partial charge < -0.3 is 5.11 Å². The maximum absolute atomic E-state index is 11.6. The van der Waals surface area contributed by atoms with Crippen molar-refractivity contribution < 1.29 is 9.90 Å². The fourth-order valence-corrected chi connectivity index (χ4v) is 1.65. The molecule has 0 fully saturated rings. The van der Waals surface area contributed by atoms with Crippen LogP contribution in [-0.4, -0.2) is 17.0 Å². The molecule has 0 heterocycles. The van der Waals surface area contributed by atoms with Crippen molar-refractivity contribution in [3.8, 4) is 0 Å². The third-order valence-corrected chi connectivity index (χ3v) is 3.06. The molecule has 1 atom stereocenters. The summed E-state index contributed by atoms with van der Waals surface area (Å²) < 4.78 is 0. The van der Waals surface area contributed by atoms with Crippen molar-refractivity contribution in [2.24, 2.45) is 5.92 Å². The van der Waals surface area contributed by atoms with E-state index in [1.807, 2.05) is 0 Å². The van der Waals surface area contributed by atoms with Gasteiger partial charge >= 0.3 is 0 Å². The average Bonchev–Trinajstić information content (AvgIpc) is 2.22. The molecular weight excluding hydrogens is 247 g/mol. The van der Waals surface area contributed by atoms with Crippen LogP contribution in [0.5, 0.6) is 0 Å². The molecule has 0 bridgehead atoms. The topological polar surface area (TPSA) is 37.3 Å². The number of halogens is 2. The highest BCUT2D eigenvalue weighted by Gasteiger charge is 2.18. The fourth-order valence-electron chi connectivity index (χ4n) is 1.33. The number of carbonyl (C=O) groups is 1. The monoisotopic (exact) mass is 260 g/mol. The lowest BCUT2D eigenvalue weighted by Crippen LogP contribution is -2.27. The molecule has 4 heteroatoms. The molecule has 1 aromatic carbocycles. The molecule has 16 heavy (non-hydrogen) atoms. The van der Waals surface area contributed by atoms with Crippen LogP contribution >= 0.6 is 23.2 Å². The van der Waals surface area contributed by atoms with Gasteiger partial charge in [0.25, 0.3) is 0 Å². The molecular formula is C12H14Cl2O2. The van der Waals surface area contributed by atoms with Gasteiger partial charge in [-0.05, 0) is 23.6 Å². The van der Waals surface area contributed by atoms with Crippen LogP contribution in [0.2, 0.25) is 10.0 Å². The van der Waals surface area contributed by atoms with E-state index in [0.29, 0.717) is 10.0 Å². The van der Waals surface area contributed by atoms with E-state index in [2.05, 4.69) is 0 Å². The maximum atomic E-state index is 11.6. The van der Waals surface area contributed by atoms with E-state index in [-0.39, 0.29) is 18.1 Å². The summed E-state index contributed by atoms with van der Waals surface area (Å²) in [5.41, 5.74) is 0.763. The van der Waals surface area contributed by atoms with Gasteiger partial charge in [0.1, 0.15) is 6.10 Å². The fraction of sp³-hybridized carbons (Fsp3) is 0.417. The Balaban J connectivity index is 2.74. The zero-order valence-electron chi connectivity index (χ0n) is 9.21. The standard InChI is InChI=1S/C12H14Cl2O2/c1-7(2)12(16)11(15)6-8-3-4-9(13)10(14)5-8/h3-5,7,12,16H,6H2,1-2H3. The van der Waals surface area contributed by atoms with E-state index in [1.165, 1.54) is 0 Å². The van der Waals surface area contributed by atoms with E-state index in [1.54, 1.807) is 32.0 Å². The van der Waals surface area contributed by atoms with E-state index < -0.39 is 6.10 Å². The summed E-state index contributed by atoms with van der Waals surface area (Å²) >= 11 is 11.6. The van der Waals surface area contributed by atoms with Gasteiger partial charge in [-0.25, -0.2) is 0 Å². The second-order valence-electron chi connectivity index (χ2n) is 4.08. The molecule has 0 saturated carbocycles. The number of ketones is 1. The Kier molecular flexibility index (Phi) is 4.78. The highest BCUT2D eigenvalue weighted by molar-refractivity contribution is 6.42. The summed E-state index contributed by atoms with van der Waals surface area (Å²) in [6, 6.07) is 5.03. The first-order chi connectivity index (χ1) is 7.41. The van der Waals surface area contributed by atoms with Gasteiger partial charge in [-0.3, -0.25) is 4.79 Å². The Hall–Kier alpha value is -0.570. The smallest absolute Gasteiger partial charge is 0.165 e. The van der Waals surface area contributed by atoms with Crippen molar-refractivity contribution in [3.63, 3.8) is 0 Å². The van der Waals surface area contributed by atoms with Crippen molar-refractivity contribution in [1.82, 2.24) is 0 Å². The van der Waals surface area contributed by atoms with Crippen molar-refractivity contribution in [2.75, 3.05) is 0 Å². The van der Waals surface area contributed by atoms with Crippen LogP contribution in [0.15, 0.2) is 18.2 Å². The molecule has 1 rings (SSSR count). The van der Waals surface area contributed by atoms with Gasteiger partial charge in [-0.1, -0.05) is 43.1 Å². The van der Waals surface area contributed by atoms with Crippen LogP contribution in [0, 0.1) is 5.92 Å². The van der Waals surface area contributed by atoms with Crippen LogP contribution in [-0.2, 0) is 11.2 Å². The maximum Gasteiger partial charge on any atom is 0.165 e. The molecule has 0 radical (unpaired) electrons. The van der Waals surface area contributed by atoms with E-state index >= 15 is 0 Å². The molecule has 0 spiro atoms. The Labute approximate surface area is 105 Å². The number of aliphatic hydroxyl groups is 1. The largest absolute Gasteiger partial charge is 0.385 e. The van der Waals surface area contributed by atoms with Gasteiger partial charge in [-0.15, -0.1) is 0 Å². The quantitative estimate of drug-likeness (QED) is 0.904. The first kappa shape index (κ1) is 13.5. The summed E-state index contributed by atoms with van der Waals surface area (Å²) in [6.07, 6.45) is -0.745. The lowest BCUT2D eigenvalue weighted by Gasteiger charge is -2.13. The SMILES string of the molecule is CC(C)C(O)C(=O)Cc1ccc(Cl)c(Cl)c1. The van der Waals surface area contributed by atoms with Crippen molar-refractivity contribution >= 4 is 29.0 Å². The Bertz CT molecular complexity index is 389. The van der Waals surface area contributed by atoms with E-state index in [9.17, 15) is 9.90 Å². The van der Waals surface area contributed by atoms with Gasteiger partial charge in [0.05, 0.1) is 10.0 Å². The van der Waals surface area contributed by atoms with Crippen molar-refractivity contribution in [2.45, 2.75) is 26.4 Å². The van der Waals surface area contributed by atoms with Crippen LogP contribution in [0.25, 0.3) is 0 Å². The Morgan fingerprint density at radius 2 is 1.94 bits per heavy atom. The Morgan fingerprint density at radius 3 is 2.44 bits per heavy atom. The number of hydrogen-bond acceptors (Lipinski definition) is 2. The van der Waals surface area contributed by atoms with Crippen molar-refractivity contribution in [1.29, 1.82) is 0 Å². The van der Waals surface area contributed by atoms with E-state index in [0.717, 1.165) is 5.56 Å². The van der Waals surface area contributed by atoms with Crippen LogP contribution < -0.4 is 0 Å². The predicted octanol–water partition coefficient (Wildman–Crippen LogP) is 3.12. The summed E-state index contributed by atoms with van der Waals surface area (Å²) in [5.74, 6) is -0.274. The molecule has 0 aliphatic carbocycles. The third-order valence-electron chi connectivity index (χ3n) is 2.32. The summed E-state index contributed by atoms with van der Waals surface area (Å²) in [7, 11) is 0. The van der Waals surface area contributed by atoms with Gasteiger partial charge in [-0.2, -0.15) is 0 Å². The first-order valence-corrected chi connectivity index (χ1v) is 5.82. The second kappa shape index (κ2) is 5.67. The zero-order valence-corrected chi connectivity index (χ0v) is 10.7. The highest BCUT2D eigenvalue weighted by atomic mass is 35.5. The number of Topliss-reactive ketones (excluding diaryl/α,β-unsaturated/α-hetero) is 1. The first-order valence-electron chi connectivity index (χ1n) is 5.06. The molecule has 1 N–H and O–H groups in total. The van der Waals surface area contributed by atoms with Crippen LogP contribution in [0.3, 0.4) is 0 Å². The predicted molar refractivity (Wildman–Crippen MR) is 66.0 cm³/mol. The molecule has 2 nitrogen and oxygen atoms in total. The minimum absolute atomic E-state index is 0.0738. The summed E-state index contributed by atoms with van der Waals surface area (Å²) in [4.78, 5) is 11.6. The van der Waals surface area contributed by atoms with E-state index in [4.69, 9.17) is 23.2 Å². The van der Waals surface area contributed by atoms with Crippen LogP contribution in [0.1, 0.15) is 19.4 Å². The van der Waals surface area contributed by atoms with Crippen LogP contribution in [0.4, 0.5) is 0 Å². The molecule has 0 aliphatic rings. The lowest BCUT2D eigenvalue weighted by atomic mass is 9.98. The summed E-state index contributed by atoms with van der Waals surface area (Å²) in [6.45, 7) is 3.61. The number of hydrogen-bond donors (Lipinski definition) is 1. The van der Waals surface area contributed by atoms with Crippen molar-refractivity contribution in [3.05, 3.63) is 33.8 Å². The molecule has 0 aliphatic heterocycles. The van der Waals surface area contributed by atoms with Gasteiger partial charge in [0.2, 0.25) is 0 Å². The molecule has 1 aromatic rings. The summed E-state index contributed by atoms with van der Waals surface area (Å²) in [5, 5.41) is 10.5. The molecule has 0 saturated heterocycles. The molecule has 0 amide bonds. The molecule has 88 valence electrons. The molecule has 0 aromatic heterocycles. The average molecular weight is 261 g/mol. The van der Waals surface area contributed by atoms with Gasteiger partial charge in [0.15, 0.2) is 5.78 Å². The van der Waals surface area contributed by atoms with Gasteiger partial charge in [0, 0.05) is 6.42 Å². The normalized spacial score (nSPS) is 12.9. The second-order valence-corrected chi connectivity index (χ2v) is 4.89. The minimum Gasteiger partial charge on any atom is -0.385 e. The highest BCUT2D eigenvalue weighted by Crippen LogP contribution is 2.23. The lowest BCUT2D eigenvalue weighted by molar-refractivity contribution is -0.128. The Morgan fingerprint density at radius 1 is 1.31 bits per heavy atom. The third kappa shape index (κ3) is 3.48. The number of benzene rings is 1. The minimum atomic E-state index is -0.922. The zero-order chi connectivity index (χ0) is 12.3. The number of carbonyl (C=O) groups excluding carboxylic acids is 1.